The average Bonchev–Trinajstić information content (AvgIpc) is 2.52. The van der Waals surface area contributed by atoms with Gasteiger partial charge in [-0.2, -0.15) is 0 Å². The molecule has 0 atom stereocenters. The topological polar surface area (TPSA) is 7.12 Å². The molecule has 21 heavy (non-hydrogen) atoms. The predicted molar refractivity (Wildman–Crippen MR) is 90.8 cm³/mol. The van der Waals surface area contributed by atoms with E-state index in [-0.39, 0.29) is 0 Å². The fourth-order valence-electron chi connectivity index (χ4n) is 3.39. The fraction of sp³-hybridized carbons (Fsp3) is 0.737. The molecule has 0 bridgehead atoms. The predicted octanol–water partition coefficient (Wildman–Crippen LogP) is 4.35. The molecule has 0 spiro atoms. The number of pyridine rings is 1. The van der Waals surface area contributed by atoms with Crippen LogP contribution >= 0.6 is 0 Å². The van der Waals surface area contributed by atoms with Crippen molar-refractivity contribution >= 4 is 5.82 Å². The first-order valence-electron chi connectivity index (χ1n) is 9.02. The van der Waals surface area contributed by atoms with Crippen LogP contribution in [0.3, 0.4) is 0 Å². The third-order valence-corrected chi connectivity index (χ3v) is 4.85. The molecule has 2 rings (SSSR count). The number of nitrogens with zero attached hydrogens (tertiary/aromatic N) is 2. The van der Waals surface area contributed by atoms with Gasteiger partial charge >= 0.3 is 0 Å². The van der Waals surface area contributed by atoms with Gasteiger partial charge in [0.15, 0.2) is 0 Å². The molecule has 1 aliphatic rings. The minimum absolute atomic E-state index is 0.896. The summed E-state index contributed by atoms with van der Waals surface area (Å²) in [4.78, 5) is 2.64. The van der Waals surface area contributed by atoms with E-state index in [1.165, 1.54) is 63.9 Å². The number of anilines is 1. The molecule has 0 N–H and O–H groups in total. The first-order valence-corrected chi connectivity index (χ1v) is 9.02. The summed E-state index contributed by atoms with van der Waals surface area (Å²) in [5.41, 5.74) is 1.56. The molecule has 1 aliphatic heterocycles. The maximum Gasteiger partial charge on any atom is 0.279 e. The zero-order chi connectivity index (χ0) is 15.1. The number of hydrogen-bond acceptors (Lipinski definition) is 1. The highest BCUT2D eigenvalue weighted by Gasteiger charge is 2.27. The van der Waals surface area contributed by atoms with Gasteiger partial charge in [0.25, 0.3) is 5.82 Å². The summed E-state index contributed by atoms with van der Waals surface area (Å²) in [5.74, 6) is 2.40. The standard InChI is InChI=1S/C19H33N2/c1-4-6-7-8-10-18-11-9-14-20(5-2)19(18)21-15-12-17(3)13-16-21/h9,11,14,17H,4-8,10,12-13,15-16H2,1-3H3/q+1. The number of unbranched alkanes of at least 4 members (excludes halogenated alkanes) is 3. The Morgan fingerprint density at radius 3 is 2.57 bits per heavy atom. The molecule has 1 aromatic rings. The molecule has 0 aromatic carbocycles. The zero-order valence-corrected chi connectivity index (χ0v) is 14.3. The molecule has 1 aromatic heterocycles. The van der Waals surface area contributed by atoms with Gasteiger partial charge in [-0.3, -0.25) is 4.90 Å². The van der Waals surface area contributed by atoms with Crippen molar-refractivity contribution in [2.45, 2.75) is 72.3 Å². The molecule has 0 aliphatic carbocycles. The van der Waals surface area contributed by atoms with E-state index in [1.54, 1.807) is 5.56 Å². The highest BCUT2D eigenvalue weighted by atomic mass is 15.2. The van der Waals surface area contributed by atoms with E-state index in [2.05, 4.69) is 48.6 Å². The van der Waals surface area contributed by atoms with Gasteiger partial charge < -0.3 is 0 Å². The lowest BCUT2D eigenvalue weighted by molar-refractivity contribution is -0.681. The molecular weight excluding hydrogens is 256 g/mol. The highest BCUT2D eigenvalue weighted by Crippen LogP contribution is 2.24. The summed E-state index contributed by atoms with van der Waals surface area (Å²) < 4.78 is 2.45. The second kappa shape index (κ2) is 8.41. The smallest absolute Gasteiger partial charge is 0.261 e. The van der Waals surface area contributed by atoms with E-state index in [9.17, 15) is 0 Å². The summed E-state index contributed by atoms with van der Waals surface area (Å²) in [5, 5.41) is 0. The molecule has 0 amide bonds. The van der Waals surface area contributed by atoms with E-state index in [1.807, 2.05) is 0 Å². The van der Waals surface area contributed by atoms with E-state index in [0.717, 1.165) is 12.5 Å². The van der Waals surface area contributed by atoms with Crippen molar-refractivity contribution < 1.29 is 4.57 Å². The van der Waals surface area contributed by atoms with Crippen molar-refractivity contribution in [1.82, 2.24) is 0 Å². The van der Waals surface area contributed by atoms with Gasteiger partial charge in [0.2, 0.25) is 0 Å². The molecule has 118 valence electrons. The van der Waals surface area contributed by atoms with Crippen LogP contribution in [0.25, 0.3) is 0 Å². The lowest BCUT2D eigenvalue weighted by Crippen LogP contribution is -2.45. The summed E-state index contributed by atoms with van der Waals surface area (Å²) in [6.45, 7) is 10.5. The Morgan fingerprint density at radius 2 is 1.90 bits per heavy atom. The van der Waals surface area contributed by atoms with Crippen molar-refractivity contribution in [3.8, 4) is 0 Å². The minimum Gasteiger partial charge on any atom is -0.261 e. The zero-order valence-electron chi connectivity index (χ0n) is 14.3. The van der Waals surface area contributed by atoms with Crippen molar-refractivity contribution in [2.75, 3.05) is 18.0 Å². The Balaban J connectivity index is 2.12. The number of aromatic nitrogens is 1. The van der Waals surface area contributed by atoms with Gasteiger partial charge in [0.1, 0.15) is 0 Å². The van der Waals surface area contributed by atoms with Crippen LogP contribution in [0.4, 0.5) is 5.82 Å². The van der Waals surface area contributed by atoms with Crippen molar-refractivity contribution in [2.24, 2.45) is 5.92 Å². The second-order valence-corrected chi connectivity index (χ2v) is 6.62. The van der Waals surface area contributed by atoms with Crippen molar-refractivity contribution in [1.29, 1.82) is 0 Å². The SMILES string of the molecule is CCCCCCc1ccc[n+](CC)c1N1CCC(C)CC1. The lowest BCUT2D eigenvalue weighted by Gasteiger charge is -2.28. The average molecular weight is 289 g/mol. The van der Waals surface area contributed by atoms with Gasteiger partial charge in [-0.1, -0.05) is 33.1 Å². The highest BCUT2D eigenvalue weighted by molar-refractivity contribution is 5.42. The second-order valence-electron chi connectivity index (χ2n) is 6.62. The summed E-state index contributed by atoms with van der Waals surface area (Å²) in [7, 11) is 0. The van der Waals surface area contributed by atoms with Crippen LogP contribution in [0.2, 0.25) is 0 Å². The Kier molecular flexibility index (Phi) is 6.53. The first-order chi connectivity index (χ1) is 10.3. The maximum atomic E-state index is 2.64. The van der Waals surface area contributed by atoms with Crippen LogP contribution in [0.1, 0.15) is 64.9 Å². The minimum atomic E-state index is 0.896. The Hall–Kier alpha value is -1.05. The van der Waals surface area contributed by atoms with Crippen LogP contribution in [0.15, 0.2) is 18.3 Å². The van der Waals surface area contributed by atoms with Gasteiger partial charge in [0, 0.05) is 5.56 Å². The fourth-order valence-corrected chi connectivity index (χ4v) is 3.39. The number of hydrogen-bond donors (Lipinski definition) is 0. The number of rotatable bonds is 7. The first kappa shape index (κ1) is 16.3. The third-order valence-electron chi connectivity index (χ3n) is 4.85. The van der Waals surface area contributed by atoms with E-state index in [4.69, 9.17) is 0 Å². The van der Waals surface area contributed by atoms with Crippen LogP contribution in [-0.4, -0.2) is 13.1 Å². The molecule has 2 nitrogen and oxygen atoms in total. The number of piperidine rings is 1. The molecule has 2 heteroatoms. The van der Waals surface area contributed by atoms with Gasteiger partial charge in [-0.05, 0) is 50.7 Å². The van der Waals surface area contributed by atoms with Crippen LogP contribution in [-0.2, 0) is 13.0 Å². The van der Waals surface area contributed by atoms with Gasteiger partial charge in [0.05, 0.1) is 25.8 Å². The summed E-state index contributed by atoms with van der Waals surface area (Å²) in [6.07, 6.45) is 11.6. The van der Waals surface area contributed by atoms with Gasteiger partial charge in [-0.25, -0.2) is 4.57 Å². The number of aryl methyl sites for hydroxylation is 2. The van der Waals surface area contributed by atoms with Crippen LogP contribution in [0, 0.1) is 5.92 Å². The van der Waals surface area contributed by atoms with E-state index < -0.39 is 0 Å². The third kappa shape index (κ3) is 4.46. The summed E-state index contributed by atoms with van der Waals surface area (Å²) >= 11 is 0. The molecule has 0 unspecified atom stereocenters. The Morgan fingerprint density at radius 1 is 1.14 bits per heavy atom. The monoisotopic (exact) mass is 289 g/mol. The Bertz CT molecular complexity index is 420. The molecular formula is C19H33N2+. The summed E-state index contributed by atoms with van der Waals surface area (Å²) in [6, 6.07) is 4.58. The molecule has 0 radical (unpaired) electrons. The normalized spacial score (nSPS) is 16.4. The molecule has 2 heterocycles. The largest absolute Gasteiger partial charge is 0.279 e. The molecule has 0 saturated carbocycles. The van der Waals surface area contributed by atoms with Gasteiger partial charge in [-0.15, -0.1) is 0 Å². The quantitative estimate of drug-likeness (QED) is 0.534. The molecule has 1 saturated heterocycles. The van der Waals surface area contributed by atoms with Crippen molar-refractivity contribution in [3.05, 3.63) is 23.9 Å². The van der Waals surface area contributed by atoms with E-state index >= 15 is 0 Å². The Labute approximate surface area is 131 Å². The van der Waals surface area contributed by atoms with Crippen molar-refractivity contribution in [3.63, 3.8) is 0 Å². The molecule has 1 fully saturated rings. The lowest BCUT2D eigenvalue weighted by atomic mass is 9.98. The van der Waals surface area contributed by atoms with Crippen LogP contribution < -0.4 is 9.47 Å². The maximum absolute atomic E-state index is 2.64. The van der Waals surface area contributed by atoms with E-state index in [0.29, 0.717) is 0 Å². The van der Waals surface area contributed by atoms with Crippen LogP contribution in [0.5, 0.6) is 0 Å².